The van der Waals surface area contributed by atoms with Gasteiger partial charge in [-0.1, -0.05) is 73.4 Å². The number of benzene rings is 2. The summed E-state index contributed by atoms with van der Waals surface area (Å²) in [7, 11) is 0. The molecule has 0 aliphatic carbocycles. The molecule has 3 N–H and O–H groups in total. The minimum Gasteiger partial charge on any atom is -0.344 e. The summed E-state index contributed by atoms with van der Waals surface area (Å²) in [6.45, 7) is 0.483. The van der Waals surface area contributed by atoms with Gasteiger partial charge in [0.05, 0.1) is 16.1 Å². The predicted molar refractivity (Wildman–Crippen MR) is 139 cm³/mol. The molecule has 2 unspecified atom stereocenters. The molecule has 0 aliphatic heterocycles. The van der Waals surface area contributed by atoms with E-state index in [0.29, 0.717) is 10.6 Å². The molecule has 0 radical (unpaired) electrons. The second-order valence-electron chi connectivity index (χ2n) is 8.83. The van der Waals surface area contributed by atoms with Gasteiger partial charge in [0.15, 0.2) is 0 Å². The first-order chi connectivity index (χ1) is 18.5. The van der Waals surface area contributed by atoms with Crippen molar-refractivity contribution in [2.24, 2.45) is 5.92 Å². The SMILES string of the molecule is CC(C)C(NC(=O)C(NC(=O)C=Cc1ccc(Cl)c(Cl)c1)c1ccccc1)C(=O)C(F)(F)C(=O)NCC(F)(F)F. The molecular formula is C26H24Cl2F5N3O4. The van der Waals surface area contributed by atoms with Crippen LogP contribution in [0, 0.1) is 5.92 Å². The Hall–Kier alpha value is -3.51. The van der Waals surface area contributed by atoms with E-state index in [4.69, 9.17) is 23.2 Å². The molecule has 2 aromatic carbocycles. The molecule has 2 aromatic rings. The minimum atomic E-state index is -4.99. The van der Waals surface area contributed by atoms with Gasteiger partial charge in [0.1, 0.15) is 12.6 Å². The molecule has 2 rings (SSSR count). The summed E-state index contributed by atoms with van der Waals surface area (Å²) >= 11 is 11.8. The molecule has 0 aromatic heterocycles. The zero-order chi connectivity index (χ0) is 30.3. The van der Waals surface area contributed by atoms with Gasteiger partial charge in [-0.3, -0.25) is 19.2 Å². The summed E-state index contributed by atoms with van der Waals surface area (Å²) < 4.78 is 66.1. The Morgan fingerprint density at radius 3 is 2.08 bits per heavy atom. The molecule has 40 heavy (non-hydrogen) atoms. The summed E-state index contributed by atoms with van der Waals surface area (Å²) in [5.41, 5.74) is 0.725. The number of carbonyl (C=O) groups excluding carboxylic acids is 4. The molecule has 0 saturated carbocycles. The van der Waals surface area contributed by atoms with E-state index < -0.39 is 60.1 Å². The molecule has 3 amide bonds. The fourth-order valence-corrected chi connectivity index (χ4v) is 3.60. The summed E-state index contributed by atoms with van der Waals surface area (Å²) in [5.74, 6) is -12.3. The largest absolute Gasteiger partial charge is 0.405 e. The Kier molecular flexibility index (Phi) is 11.2. The molecule has 14 heteroatoms. The van der Waals surface area contributed by atoms with E-state index >= 15 is 0 Å². The third kappa shape index (κ3) is 9.30. The third-order valence-electron chi connectivity index (χ3n) is 5.34. The topological polar surface area (TPSA) is 104 Å². The van der Waals surface area contributed by atoms with Crippen LogP contribution in [0.25, 0.3) is 6.08 Å². The van der Waals surface area contributed by atoms with E-state index in [1.165, 1.54) is 56.3 Å². The first kappa shape index (κ1) is 32.7. The van der Waals surface area contributed by atoms with Gasteiger partial charge in [-0.15, -0.1) is 0 Å². The van der Waals surface area contributed by atoms with Crippen molar-refractivity contribution in [3.63, 3.8) is 0 Å². The van der Waals surface area contributed by atoms with Gasteiger partial charge in [-0.05, 0) is 35.3 Å². The van der Waals surface area contributed by atoms with Gasteiger partial charge in [0.2, 0.25) is 17.6 Å². The van der Waals surface area contributed by atoms with Crippen LogP contribution >= 0.6 is 23.2 Å². The standard InChI is InChI=1S/C26H24Cl2F5N3O4/c1-14(2)20(22(38)26(32,33)24(40)34-13-25(29,30)31)36-23(39)21(16-6-4-3-5-7-16)35-19(37)11-9-15-8-10-17(27)18(28)12-15/h3-12,14,20-21H,13H2,1-2H3,(H,34,40)(H,35,37)(H,36,39). The number of amides is 3. The predicted octanol–water partition coefficient (Wildman–Crippen LogP) is 4.89. The van der Waals surface area contributed by atoms with Crippen LogP contribution in [0.15, 0.2) is 54.6 Å². The summed E-state index contributed by atoms with van der Waals surface area (Å²) in [5, 5.41) is 6.01. The van der Waals surface area contributed by atoms with Crippen molar-refractivity contribution in [2.45, 2.75) is 38.0 Å². The van der Waals surface area contributed by atoms with Crippen LogP contribution in [0.1, 0.15) is 31.0 Å². The van der Waals surface area contributed by atoms with Crippen molar-refractivity contribution in [2.75, 3.05) is 6.54 Å². The fraction of sp³-hybridized carbons (Fsp3) is 0.308. The second kappa shape index (κ2) is 13.7. The smallest absolute Gasteiger partial charge is 0.344 e. The minimum absolute atomic E-state index is 0.223. The van der Waals surface area contributed by atoms with Gasteiger partial charge >= 0.3 is 12.1 Å². The number of carbonyl (C=O) groups is 4. The van der Waals surface area contributed by atoms with Gasteiger partial charge in [0, 0.05) is 6.08 Å². The number of Topliss-reactive ketones (excluding diaryl/α,β-unsaturated/α-hetero) is 1. The first-order valence-corrected chi connectivity index (χ1v) is 12.3. The van der Waals surface area contributed by atoms with Crippen LogP contribution in [0.5, 0.6) is 0 Å². The maximum Gasteiger partial charge on any atom is 0.405 e. The van der Waals surface area contributed by atoms with E-state index in [1.807, 2.05) is 0 Å². The van der Waals surface area contributed by atoms with Gasteiger partial charge in [-0.2, -0.15) is 22.0 Å². The highest BCUT2D eigenvalue weighted by Crippen LogP contribution is 2.24. The first-order valence-electron chi connectivity index (χ1n) is 11.6. The molecule has 0 heterocycles. The van der Waals surface area contributed by atoms with Gasteiger partial charge < -0.3 is 16.0 Å². The average Bonchev–Trinajstić information content (AvgIpc) is 2.88. The number of halogens is 7. The molecule has 0 saturated heterocycles. The monoisotopic (exact) mass is 607 g/mol. The Bertz CT molecular complexity index is 1270. The van der Waals surface area contributed by atoms with E-state index in [0.717, 1.165) is 11.4 Å². The lowest BCUT2D eigenvalue weighted by molar-refractivity contribution is -0.165. The van der Waals surface area contributed by atoms with E-state index in [1.54, 1.807) is 12.1 Å². The lowest BCUT2D eigenvalue weighted by atomic mass is 9.94. The molecule has 2 atom stereocenters. The van der Waals surface area contributed by atoms with Gasteiger partial charge in [-0.25, -0.2) is 0 Å². The van der Waals surface area contributed by atoms with Crippen LogP contribution in [0.4, 0.5) is 22.0 Å². The molecule has 0 aliphatic rings. The van der Waals surface area contributed by atoms with Crippen molar-refractivity contribution < 1.29 is 41.1 Å². The Morgan fingerprint density at radius 2 is 1.52 bits per heavy atom. The number of nitrogens with one attached hydrogen (secondary N) is 3. The number of hydrogen-bond acceptors (Lipinski definition) is 4. The molecular weight excluding hydrogens is 584 g/mol. The number of rotatable bonds is 11. The Labute approximate surface area is 236 Å². The number of alkyl halides is 5. The van der Waals surface area contributed by atoms with Crippen LogP contribution in [-0.2, 0) is 19.2 Å². The highest BCUT2D eigenvalue weighted by molar-refractivity contribution is 6.42. The summed E-state index contributed by atoms with van der Waals surface area (Å²) in [6, 6.07) is 8.70. The fourth-order valence-electron chi connectivity index (χ4n) is 3.29. The quantitative estimate of drug-likeness (QED) is 0.192. The number of ketones is 1. The lowest BCUT2D eigenvalue weighted by Crippen LogP contribution is -2.58. The van der Waals surface area contributed by atoms with Crippen LogP contribution < -0.4 is 16.0 Å². The highest BCUT2D eigenvalue weighted by atomic mass is 35.5. The zero-order valence-electron chi connectivity index (χ0n) is 21.0. The van der Waals surface area contributed by atoms with Crippen LogP contribution in [0.3, 0.4) is 0 Å². The van der Waals surface area contributed by atoms with E-state index in [2.05, 4.69) is 10.6 Å². The summed E-state index contributed by atoms with van der Waals surface area (Å²) in [4.78, 5) is 50.1. The van der Waals surface area contributed by atoms with E-state index in [9.17, 15) is 41.1 Å². The van der Waals surface area contributed by atoms with Crippen molar-refractivity contribution in [3.8, 4) is 0 Å². The Morgan fingerprint density at radius 1 is 0.900 bits per heavy atom. The molecule has 216 valence electrons. The summed E-state index contributed by atoms with van der Waals surface area (Å²) in [6.07, 6.45) is -2.54. The van der Waals surface area contributed by atoms with Crippen LogP contribution in [-0.4, -0.2) is 48.2 Å². The van der Waals surface area contributed by atoms with Gasteiger partial charge in [0.25, 0.3) is 5.91 Å². The molecule has 0 spiro atoms. The third-order valence-corrected chi connectivity index (χ3v) is 6.08. The van der Waals surface area contributed by atoms with Crippen molar-refractivity contribution in [3.05, 3.63) is 75.8 Å². The van der Waals surface area contributed by atoms with E-state index in [-0.39, 0.29) is 10.6 Å². The Balaban J connectivity index is 2.26. The highest BCUT2D eigenvalue weighted by Gasteiger charge is 2.52. The molecule has 7 nitrogen and oxygen atoms in total. The lowest BCUT2D eigenvalue weighted by Gasteiger charge is -2.27. The van der Waals surface area contributed by atoms with Crippen molar-refractivity contribution in [1.29, 1.82) is 0 Å². The number of hydrogen-bond donors (Lipinski definition) is 3. The maximum atomic E-state index is 14.5. The second-order valence-corrected chi connectivity index (χ2v) is 9.64. The van der Waals surface area contributed by atoms with Crippen molar-refractivity contribution in [1.82, 2.24) is 16.0 Å². The zero-order valence-corrected chi connectivity index (χ0v) is 22.5. The molecule has 0 bridgehead atoms. The molecule has 0 fully saturated rings. The normalized spacial score (nSPS) is 13.6. The van der Waals surface area contributed by atoms with Crippen molar-refractivity contribution >= 4 is 52.8 Å². The maximum absolute atomic E-state index is 14.5. The average molecular weight is 608 g/mol. The van der Waals surface area contributed by atoms with Crippen LogP contribution in [0.2, 0.25) is 10.0 Å².